The summed E-state index contributed by atoms with van der Waals surface area (Å²) in [6.45, 7) is 4.71. The molecule has 148 valence electrons. The van der Waals surface area contributed by atoms with Crippen molar-refractivity contribution < 1.29 is 4.79 Å². The van der Waals surface area contributed by atoms with E-state index in [9.17, 15) is 4.79 Å². The smallest absolute Gasteiger partial charge is 0.321 e. The summed E-state index contributed by atoms with van der Waals surface area (Å²) < 4.78 is 0. The summed E-state index contributed by atoms with van der Waals surface area (Å²) in [5.41, 5.74) is 4.59. The third kappa shape index (κ3) is 2.95. The van der Waals surface area contributed by atoms with Gasteiger partial charge >= 0.3 is 6.03 Å². The van der Waals surface area contributed by atoms with Crippen molar-refractivity contribution >= 4 is 22.5 Å². The average Bonchev–Trinajstić information content (AvgIpc) is 3.10. The molecule has 4 nitrogen and oxygen atoms in total. The SMILES string of the molecule is CCNC(=O)Nc1nc(C23C[C@@H]4C[C@@H](CC(c5ccc(C)cc5)(C4)C2)C3)cs1. The standard InChI is InChI=1S/C23H29N3OS/c1-3-24-20(27)26-21-25-19(13-28-21)23-11-16-8-17(12-23)10-22(9-16,14-23)18-6-4-15(2)5-7-18/h4-7,13,16-17H,3,8-12,14H2,1-2H3,(H2,24,25,26,27)/t16-,17+,22?,23?. The van der Waals surface area contributed by atoms with Crippen molar-refractivity contribution in [3.63, 3.8) is 0 Å². The van der Waals surface area contributed by atoms with Gasteiger partial charge in [-0.25, -0.2) is 9.78 Å². The number of aryl methyl sites for hydroxylation is 1. The number of hydrogen-bond acceptors (Lipinski definition) is 3. The van der Waals surface area contributed by atoms with Crippen molar-refractivity contribution in [2.75, 3.05) is 11.9 Å². The highest BCUT2D eigenvalue weighted by atomic mass is 32.1. The van der Waals surface area contributed by atoms with Crippen molar-refractivity contribution in [3.8, 4) is 0 Å². The van der Waals surface area contributed by atoms with Crippen LogP contribution in [0.25, 0.3) is 0 Å². The average molecular weight is 396 g/mol. The number of nitrogens with zero attached hydrogens (tertiary/aromatic N) is 1. The van der Waals surface area contributed by atoms with Crippen LogP contribution in [0.5, 0.6) is 0 Å². The van der Waals surface area contributed by atoms with Gasteiger partial charge in [0.15, 0.2) is 5.13 Å². The van der Waals surface area contributed by atoms with E-state index in [0.717, 1.165) is 17.0 Å². The molecule has 4 fully saturated rings. The molecule has 2 aromatic rings. The van der Waals surface area contributed by atoms with Crippen LogP contribution in [0.4, 0.5) is 9.93 Å². The highest BCUT2D eigenvalue weighted by molar-refractivity contribution is 7.13. The van der Waals surface area contributed by atoms with Gasteiger partial charge in [-0.05, 0) is 75.2 Å². The summed E-state index contributed by atoms with van der Waals surface area (Å²) in [5.74, 6) is 1.62. The minimum atomic E-state index is -0.162. The Hall–Kier alpha value is -1.88. The first-order valence-electron chi connectivity index (χ1n) is 10.6. The zero-order chi connectivity index (χ0) is 19.4. The Morgan fingerprint density at radius 1 is 1.14 bits per heavy atom. The van der Waals surface area contributed by atoms with E-state index in [1.54, 1.807) is 11.3 Å². The molecule has 4 aliphatic carbocycles. The van der Waals surface area contributed by atoms with Gasteiger partial charge in [0, 0.05) is 17.3 Å². The molecule has 1 heterocycles. The van der Waals surface area contributed by atoms with E-state index >= 15 is 0 Å². The van der Waals surface area contributed by atoms with Gasteiger partial charge in [-0.1, -0.05) is 29.8 Å². The van der Waals surface area contributed by atoms with E-state index in [1.165, 1.54) is 55.3 Å². The largest absolute Gasteiger partial charge is 0.338 e. The molecular formula is C23H29N3OS. The minimum absolute atomic E-state index is 0.162. The Morgan fingerprint density at radius 2 is 1.82 bits per heavy atom. The van der Waals surface area contributed by atoms with Crippen LogP contribution in [0.2, 0.25) is 0 Å². The molecule has 0 aliphatic heterocycles. The van der Waals surface area contributed by atoms with Crippen LogP contribution in [0.3, 0.4) is 0 Å². The second-order valence-corrected chi connectivity index (χ2v) is 10.3. The molecule has 0 saturated heterocycles. The number of carbonyl (C=O) groups excluding carboxylic acids is 1. The molecular weight excluding hydrogens is 366 g/mol. The third-order valence-electron chi connectivity index (χ3n) is 7.33. The van der Waals surface area contributed by atoms with Crippen LogP contribution in [0.15, 0.2) is 29.6 Å². The fourth-order valence-corrected chi connectivity index (χ4v) is 7.51. The quantitative estimate of drug-likeness (QED) is 0.730. The number of hydrogen-bond donors (Lipinski definition) is 2. The number of thiazole rings is 1. The van der Waals surface area contributed by atoms with Gasteiger partial charge in [0.05, 0.1) is 5.69 Å². The molecule has 6 rings (SSSR count). The van der Waals surface area contributed by atoms with Gasteiger partial charge in [-0.2, -0.15) is 0 Å². The fourth-order valence-electron chi connectivity index (χ4n) is 6.68. The molecule has 2 unspecified atom stereocenters. The van der Waals surface area contributed by atoms with E-state index in [1.807, 2.05) is 6.92 Å². The molecule has 1 aromatic heterocycles. The van der Waals surface area contributed by atoms with E-state index in [0.29, 0.717) is 12.0 Å². The number of benzene rings is 1. The maximum atomic E-state index is 11.9. The van der Waals surface area contributed by atoms with Gasteiger partial charge in [0.1, 0.15) is 0 Å². The lowest BCUT2D eigenvalue weighted by Gasteiger charge is -2.62. The van der Waals surface area contributed by atoms with E-state index in [2.05, 4.69) is 47.2 Å². The lowest BCUT2D eigenvalue weighted by Crippen LogP contribution is -2.56. The van der Waals surface area contributed by atoms with Crippen LogP contribution in [-0.4, -0.2) is 17.6 Å². The Balaban J connectivity index is 1.46. The molecule has 2 N–H and O–H groups in total. The Morgan fingerprint density at radius 3 is 2.50 bits per heavy atom. The summed E-state index contributed by atoms with van der Waals surface area (Å²) in [7, 11) is 0. The first-order chi connectivity index (χ1) is 13.5. The highest BCUT2D eigenvalue weighted by Crippen LogP contribution is 2.66. The van der Waals surface area contributed by atoms with Crippen LogP contribution in [-0.2, 0) is 10.8 Å². The van der Waals surface area contributed by atoms with E-state index < -0.39 is 0 Å². The van der Waals surface area contributed by atoms with Crippen molar-refractivity contribution in [1.82, 2.24) is 10.3 Å². The van der Waals surface area contributed by atoms with Gasteiger partial charge in [0.25, 0.3) is 0 Å². The summed E-state index contributed by atoms with van der Waals surface area (Å²) in [5, 5.41) is 8.62. The van der Waals surface area contributed by atoms with Crippen LogP contribution < -0.4 is 10.6 Å². The Kier molecular flexibility index (Phi) is 4.27. The molecule has 2 amide bonds. The molecule has 5 heteroatoms. The number of aromatic nitrogens is 1. The van der Waals surface area contributed by atoms with Crippen molar-refractivity contribution in [3.05, 3.63) is 46.5 Å². The summed E-state index contributed by atoms with van der Waals surface area (Å²) in [6, 6.07) is 9.14. The Bertz CT molecular complexity index is 874. The molecule has 4 bridgehead atoms. The van der Waals surface area contributed by atoms with Crippen molar-refractivity contribution in [1.29, 1.82) is 0 Å². The van der Waals surface area contributed by atoms with Crippen LogP contribution in [0, 0.1) is 18.8 Å². The third-order valence-corrected chi connectivity index (χ3v) is 8.09. The number of nitrogens with one attached hydrogen (secondary N) is 2. The van der Waals surface area contributed by atoms with Gasteiger partial charge < -0.3 is 5.32 Å². The molecule has 0 radical (unpaired) electrons. The predicted octanol–water partition coefficient (Wildman–Crippen LogP) is 5.38. The van der Waals surface area contributed by atoms with Gasteiger partial charge in [-0.15, -0.1) is 11.3 Å². The number of rotatable bonds is 4. The molecule has 4 aliphatic rings. The van der Waals surface area contributed by atoms with Crippen LogP contribution >= 0.6 is 11.3 Å². The van der Waals surface area contributed by atoms with Crippen LogP contribution in [0.1, 0.15) is 62.3 Å². The van der Waals surface area contributed by atoms with Gasteiger partial charge in [-0.3, -0.25) is 5.32 Å². The first kappa shape index (κ1) is 18.2. The molecule has 4 atom stereocenters. The summed E-state index contributed by atoms with van der Waals surface area (Å²) in [6.07, 6.45) is 7.80. The van der Waals surface area contributed by atoms with E-state index in [-0.39, 0.29) is 11.4 Å². The maximum Gasteiger partial charge on any atom is 0.321 e. The van der Waals surface area contributed by atoms with Gasteiger partial charge in [0.2, 0.25) is 0 Å². The van der Waals surface area contributed by atoms with E-state index in [4.69, 9.17) is 4.98 Å². The monoisotopic (exact) mass is 395 g/mol. The molecule has 0 spiro atoms. The zero-order valence-corrected chi connectivity index (χ0v) is 17.6. The molecule has 28 heavy (non-hydrogen) atoms. The maximum absolute atomic E-state index is 11.9. The summed E-state index contributed by atoms with van der Waals surface area (Å²) >= 11 is 1.57. The topological polar surface area (TPSA) is 54.0 Å². The molecule has 1 aromatic carbocycles. The second-order valence-electron chi connectivity index (χ2n) is 9.41. The number of carbonyl (C=O) groups is 1. The summed E-state index contributed by atoms with van der Waals surface area (Å²) in [4.78, 5) is 16.8. The number of amides is 2. The number of urea groups is 1. The Labute approximate surface area is 171 Å². The second kappa shape index (κ2) is 6.58. The minimum Gasteiger partial charge on any atom is -0.338 e. The first-order valence-corrected chi connectivity index (χ1v) is 11.5. The van der Waals surface area contributed by atoms with Crippen molar-refractivity contribution in [2.24, 2.45) is 11.8 Å². The predicted molar refractivity (Wildman–Crippen MR) is 114 cm³/mol. The lowest BCUT2D eigenvalue weighted by atomic mass is 9.42. The van der Waals surface area contributed by atoms with Crippen molar-refractivity contribution in [2.45, 2.75) is 63.2 Å². The number of anilines is 1. The highest BCUT2D eigenvalue weighted by Gasteiger charge is 2.59. The lowest BCUT2D eigenvalue weighted by molar-refractivity contribution is -0.0296. The normalized spacial score (nSPS) is 33.1. The zero-order valence-electron chi connectivity index (χ0n) is 16.8. The molecule has 4 saturated carbocycles. The fraction of sp³-hybridized carbons (Fsp3) is 0.565.